The van der Waals surface area contributed by atoms with Crippen molar-refractivity contribution in [1.82, 2.24) is 4.98 Å². The van der Waals surface area contributed by atoms with Crippen LogP contribution in [0.4, 0.5) is 4.39 Å². The maximum Gasteiger partial charge on any atom is 1.00 e. The predicted octanol–water partition coefficient (Wildman–Crippen LogP) is 2.15. The number of hydrogen-bond acceptors (Lipinski definition) is 3. The van der Waals surface area contributed by atoms with E-state index in [0.29, 0.717) is 16.8 Å². The molecule has 0 bridgehead atoms. The first-order valence-electron chi connectivity index (χ1n) is 8.61. The van der Waals surface area contributed by atoms with Crippen LogP contribution in [0.1, 0.15) is 15.9 Å². The van der Waals surface area contributed by atoms with Gasteiger partial charge in [-0.05, 0) is 53.9 Å². The Morgan fingerprint density at radius 3 is 2.07 bits per heavy atom. The minimum atomic E-state index is -1.34. The Morgan fingerprint density at radius 2 is 1.48 bits per heavy atom. The van der Waals surface area contributed by atoms with Crippen molar-refractivity contribution in [2.45, 2.75) is 6.92 Å². The van der Waals surface area contributed by atoms with E-state index in [0.717, 1.165) is 21.2 Å². The van der Waals surface area contributed by atoms with Crippen LogP contribution in [-0.2, 0) is 0 Å². The van der Waals surface area contributed by atoms with Gasteiger partial charge < -0.3 is 9.90 Å². The summed E-state index contributed by atoms with van der Waals surface area (Å²) in [5.41, 5.74) is 4.28. The number of hydrogen-bond donors (Lipinski definition) is 0. The van der Waals surface area contributed by atoms with Crippen LogP contribution in [0.2, 0.25) is 0 Å². The zero-order chi connectivity index (χ0) is 19.8. The molecule has 3 nitrogen and oxygen atoms in total. The van der Waals surface area contributed by atoms with E-state index in [2.05, 4.69) is 20.9 Å². The number of pyridine rings is 1. The number of carboxylic acid groups (broad SMARTS) is 1. The largest absolute Gasteiger partial charge is 1.00 e. The van der Waals surface area contributed by atoms with E-state index in [9.17, 15) is 14.3 Å². The number of carbonyl (C=O) groups excluding carboxylic acids is 1. The zero-order valence-electron chi connectivity index (χ0n) is 15.9. The third-order valence-electron chi connectivity index (χ3n) is 4.73. The molecule has 0 unspecified atom stereocenters. The third kappa shape index (κ3) is 4.28. The molecule has 1 aromatic heterocycles. The second-order valence-electron chi connectivity index (χ2n) is 6.49. The third-order valence-corrected chi connectivity index (χ3v) is 5.26. The first-order chi connectivity index (χ1) is 13.4. The van der Waals surface area contributed by atoms with Gasteiger partial charge in [-0.25, -0.2) is 9.37 Å². The summed E-state index contributed by atoms with van der Waals surface area (Å²) >= 11 is 3.43. The van der Waals surface area contributed by atoms with Crippen LogP contribution in [0.5, 0.6) is 0 Å². The standard InChI is InChI=1S/C23H15BrFNO2.Na/c1-13-21(23(27)28)19-12-18(25)10-11-20(19)26-22(13)16-4-2-14(3-5-16)15-6-8-17(24)9-7-15;/h2-12H,1H3,(H,27,28);/q;+1/p-1. The Kier molecular flexibility index (Phi) is 6.54. The summed E-state index contributed by atoms with van der Waals surface area (Å²) in [4.78, 5) is 16.3. The summed E-state index contributed by atoms with van der Waals surface area (Å²) in [6, 6.07) is 19.7. The number of aromatic nitrogens is 1. The average molecular weight is 458 g/mol. The molecule has 4 aromatic rings. The summed E-state index contributed by atoms with van der Waals surface area (Å²) in [6.07, 6.45) is 0. The van der Waals surface area contributed by atoms with Gasteiger partial charge in [-0.2, -0.15) is 0 Å². The number of nitrogens with zero attached hydrogens (tertiary/aromatic N) is 1. The van der Waals surface area contributed by atoms with Crippen molar-refractivity contribution in [1.29, 1.82) is 0 Å². The molecular formula is C23H14BrFNNaO2. The van der Waals surface area contributed by atoms with Gasteiger partial charge in [0.05, 0.1) is 17.2 Å². The molecular weight excluding hydrogens is 444 g/mol. The number of carboxylic acids is 1. The van der Waals surface area contributed by atoms with Crippen LogP contribution in [-0.4, -0.2) is 11.0 Å². The summed E-state index contributed by atoms with van der Waals surface area (Å²) in [6.45, 7) is 1.67. The monoisotopic (exact) mass is 457 g/mol. The van der Waals surface area contributed by atoms with Gasteiger partial charge in [0.25, 0.3) is 0 Å². The maximum atomic E-state index is 13.6. The van der Waals surface area contributed by atoms with Gasteiger partial charge in [-0.15, -0.1) is 0 Å². The van der Waals surface area contributed by atoms with E-state index in [4.69, 9.17) is 0 Å². The number of halogens is 2. The molecule has 3 aromatic carbocycles. The summed E-state index contributed by atoms with van der Waals surface area (Å²) in [7, 11) is 0. The quantitative estimate of drug-likeness (QED) is 0.443. The molecule has 0 N–H and O–H groups in total. The molecule has 0 atom stereocenters. The fraction of sp³-hybridized carbons (Fsp3) is 0.0435. The van der Waals surface area contributed by atoms with Gasteiger partial charge in [0, 0.05) is 21.0 Å². The number of rotatable bonds is 3. The van der Waals surface area contributed by atoms with Crippen LogP contribution in [0.15, 0.2) is 71.2 Å². The summed E-state index contributed by atoms with van der Waals surface area (Å²) in [5.74, 6) is -1.86. The van der Waals surface area contributed by atoms with Crippen molar-refractivity contribution in [2.24, 2.45) is 0 Å². The van der Waals surface area contributed by atoms with Crippen molar-refractivity contribution >= 4 is 32.8 Å². The summed E-state index contributed by atoms with van der Waals surface area (Å²) < 4.78 is 14.6. The van der Waals surface area contributed by atoms with Gasteiger partial charge >= 0.3 is 29.6 Å². The smallest absolute Gasteiger partial charge is 0.545 e. The Hall–Kier alpha value is -2.05. The van der Waals surface area contributed by atoms with Crippen molar-refractivity contribution in [3.63, 3.8) is 0 Å². The Balaban J connectivity index is 0.00000240. The Labute approximate surface area is 198 Å². The molecule has 0 aliphatic carbocycles. The first-order valence-corrected chi connectivity index (χ1v) is 9.41. The second kappa shape index (κ2) is 8.76. The number of benzene rings is 3. The number of carbonyl (C=O) groups is 1. The van der Waals surface area contributed by atoms with Crippen LogP contribution < -0.4 is 34.7 Å². The molecule has 0 fully saturated rings. The van der Waals surface area contributed by atoms with Crippen LogP contribution >= 0.6 is 15.9 Å². The van der Waals surface area contributed by atoms with Crippen molar-refractivity contribution < 1.29 is 43.8 Å². The molecule has 6 heteroatoms. The number of fused-ring (bicyclic) bond motifs is 1. The van der Waals surface area contributed by atoms with Crippen molar-refractivity contribution in [3.8, 4) is 22.4 Å². The molecule has 0 amide bonds. The molecule has 4 rings (SSSR count). The Morgan fingerprint density at radius 1 is 0.931 bits per heavy atom. The minimum Gasteiger partial charge on any atom is -0.545 e. The summed E-state index contributed by atoms with van der Waals surface area (Å²) in [5, 5.41) is 12.0. The van der Waals surface area contributed by atoms with Gasteiger partial charge in [0.15, 0.2) is 0 Å². The van der Waals surface area contributed by atoms with E-state index in [1.165, 1.54) is 18.2 Å². The van der Waals surface area contributed by atoms with E-state index < -0.39 is 11.8 Å². The Bertz CT molecular complexity index is 1210. The predicted molar refractivity (Wildman–Crippen MR) is 109 cm³/mol. The first kappa shape index (κ1) is 21.7. The van der Waals surface area contributed by atoms with Gasteiger partial charge in [0.2, 0.25) is 0 Å². The van der Waals surface area contributed by atoms with Crippen LogP contribution in [0.25, 0.3) is 33.3 Å². The van der Waals surface area contributed by atoms with Gasteiger partial charge in [-0.1, -0.05) is 52.3 Å². The van der Waals surface area contributed by atoms with Gasteiger partial charge in [-0.3, -0.25) is 0 Å². The van der Waals surface area contributed by atoms with Crippen molar-refractivity contribution in [3.05, 3.63) is 88.1 Å². The fourth-order valence-electron chi connectivity index (χ4n) is 3.34. The second-order valence-corrected chi connectivity index (χ2v) is 7.41. The molecule has 0 saturated heterocycles. The van der Waals surface area contributed by atoms with E-state index in [-0.39, 0.29) is 40.5 Å². The van der Waals surface area contributed by atoms with E-state index in [1.807, 2.05) is 48.5 Å². The zero-order valence-corrected chi connectivity index (χ0v) is 19.5. The molecule has 0 radical (unpaired) electrons. The minimum absolute atomic E-state index is 0. The molecule has 138 valence electrons. The molecule has 0 aliphatic heterocycles. The number of aromatic carboxylic acids is 1. The van der Waals surface area contributed by atoms with Crippen LogP contribution in [0.3, 0.4) is 0 Å². The van der Waals surface area contributed by atoms with Crippen LogP contribution in [0, 0.1) is 12.7 Å². The molecule has 0 spiro atoms. The fourth-order valence-corrected chi connectivity index (χ4v) is 3.60. The maximum absolute atomic E-state index is 13.6. The van der Waals surface area contributed by atoms with E-state index in [1.54, 1.807) is 6.92 Å². The SMILES string of the molecule is Cc1c(-c2ccc(-c3ccc(Br)cc3)cc2)nc2ccc(F)cc2c1C(=O)[O-].[Na+]. The molecule has 1 heterocycles. The average Bonchev–Trinajstić information content (AvgIpc) is 2.68. The van der Waals surface area contributed by atoms with Crippen molar-refractivity contribution in [2.75, 3.05) is 0 Å². The normalized spacial score (nSPS) is 10.6. The molecule has 0 aliphatic rings. The molecule has 0 saturated carbocycles. The van der Waals surface area contributed by atoms with E-state index >= 15 is 0 Å². The molecule has 29 heavy (non-hydrogen) atoms. The topological polar surface area (TPSA) is 53.0 Å². The van der Waals surface area contributed by atoms with Gasteiger partial charge in [0.1, 0.15) is 5.82 Å².